The molecule has 6 heteroatoms. The Balaban J connectivity index is 1.73. The normalized spacial score (nSPS) is 16.3. The van der Waals surface area contributed by atoms with Crippen molar-refractivity contribution in [3.63, 3.8) is 0 Å². The SMILES string of the molecule is CCOc1cccc2sc(N(CC3CCCO3)C(=O)c3ccc(C)c(C)c3)nc12. The summed E-state index contributed by atoms with van der Waals surface area (Å²) in [5, 5.41) is 0.686. The predicted molar refractivity (Wildman–Crippen MR) is 117 cm³/mol. The summed E-state index contributed by atoms with van der Waals surface area (Å²) in [5.41, 5.74) is 3.76. The van der Waals surface area contributed by atoms with Gasteiger partial charge in [0.1, 0.15) is 11.3 Å². The first-order chi connectivity index (χ1) is 14.1. The second-order valence-electron chi connectivity index (χ2n) is 7.38. The number of hydrogen-bond donors (Lipinski definition) is 0. The Morgan fingerprint density at radius 1 is 1.28 bits per heavy atom. The van der Waals surface area contributed by atoms with Crippen LogP contribution in [0.15, 0.2) is 36.4 Å². The summed E-state index contributed by atoms with van der Waals surface area (Å²) in [4.78, 5) is 20.1. The van der Waals surface area contributed by atoms with Gasteiger partial charge in [0, 0.05) is 12.2 Å². The van der Waals surface area contributed by atoms with E-state index in [-0.39, 0.29) is 12.0 Å². The van der Waals surface area contributed by atoms with Crippen molar-refractivity contribution in [3.05, 3.63) is 53.1 Å². The number of carbonyl (C=O) groups is 1. The maximum atomic E-state index is 13.5. The lowest BCUT2D eigenvalue weighted by atomic mass is 10.1. The van der Waals surface area contributed by atoms with Crippen LogP contribution >= 0.6 is 11.3 Å². The summed E-state index contributed by atoms with van der Waals surface area (Å²) in [5.74, 6) is 0.712. The van der Waals surface area contributed by atoms with Crippen LogP contribution in [0.2, 0.25) is 0 Å². The Labute approximate surface area is 175 Å². The number of nitrogens with zero attached hydrogens (tertiary/aromatic N) is 2. The lowest BCUT2D eigenvalue weighted by Gasteiger charge is -2.23. The molecule has 1 aliphatic heterocycles. The van der Waals surface area contributed by atoms with Gasteiger partial charge in [0.05, 0.1) is 24.0 Å². The van der Waals surface area contributed by atoms with Crippen molar-refractivity contribution in [1.29, 1.82) is 0 Å². The van der Waals surface area contributed by atoms with Gasteiger partial charge in [-0.3, -0.25) is 9.69 Å². The van der Waals surface area contributed by atoms with Crippen LogP contribution in [-0.4, -0.2) is 36.8 Å². The van der Waals surface area contributed by atoms with E-state index in [9.17, 15) is 4.79 Å². The van der Waals surface area contributed by atoms with E-state index in [0.29, 0.717) is 23.8 Å². The second-order valence-corrected chi connectivity index (χ2v) is 8.39. The van der Waals surface area contributed by atoms with Crippen LogP contribution in [0, 0.1) is 13.8 Å². The predicted octanol–water partition coefficient (Wildman–Crippen LogP) is 5.14. The molecule has 1 unspecified atom stereocenters. The average Bonchev–Trinajstić information content (AvgIpc) is 3.38. The van der Waals surface area contributed by atoms with Gasteiger partial charge in [0.15, 0.2) is 5.13 Å². The fraction of sp³-hybridized carbons (Fsp3) is 0.391. The zero-order valence-corrected chi connectivity index (χ0v) is 17.9. The summed E-state index contributed by atoms with van der Waals surface area (Å²) in [6.07, 6.45) is 2.04. The molecular weight excluding hydrogens is 384 g/mol. The van der Waals surface area contributed by atoms with Gasteiger partial charge in [-0.15, -0.1) is 0 Å². The number of benzene rings is 2. The van der Waals surface area contributed by atoms with Gasteiger partial charge in [-0.25, -0.2) is 4.98 Å². The Bertz CT molecular complexity index is 1020. The minimum Gasteiger partial charge on any atom is -0.492 e. The number of anilines is 1. The molecule has 1 aromatic heterocycles. The molecule has 1 aliphatic rings. The van der Waals surface area contributed by atoms with Crippen LogP contribution in [-0.2, 0) is 4.74 Å². The number of thiazole rings is 1. The van der Waals surface area contributed by atoms with E-state index in [1.807, 2.05) is 50.2 Å². The van der Waals surface area contributed by atoms with Crippen LogP contribution in [0.1, 0.15) is 41.3 Å². The van der Waals surface area contributed by atoms with Crippen molar-refractivity contribution >= 4 is 32.6 Å². The van der Waals surface area contributed by atoms with Crippen molar-refractivity contribution < 1.29 is 14.3 Å². The lowest BCUT2D eigenvalue weighted by molar-refractivity contribution is 0.0917. The zero-order chi connectivity index (χ0) is 20.4. The molecule has 3 aromatic rings. The van der Waals surface area contributed by atoms with Gasteiger partial charge >= 0.3 is 0 Å². The smallest absolute Gasteiger partial charge is 0.260 e. The van der Waals surface area contributed by atoms with Crippen molar-refractivity contribution in [2.75, 3.05) is 24.7 Å². The molecule has 0 bridgehead atoms. The standard InChI is InChI=1S/C23H26N2O3S/c1-4-27-19-8-5-9-20-21(19)24-23(29-20)25(14-18-7-6-12-28-18)22(26)17-11-10-15(2)16(3)13-17/h5,8-11,13,18H,4,6-7,12,14H2,1-3H3. The fourth-order valence-electron chi connectivity index (χ4n) is 3.57. The van der Waals surface area contributed by atoms with Crippen LogP contribution in [0.3, 0.4) is 0 Å². The monoisotopic (exact) mass is 410 g/mol. The molecule has 0 aliphatic carbocycles. The van der Waals surface area contributed by atoms with E-state index in [4.69, 9.17) is 14.5 Å². The first kappa shape index (κ1) is 19.9. The molecule has 152 valence electrons. The van der Waals surface area contributed by atoms with Gasteiger partial charge in [0.2, 0.25) is 0 Å². The maximum Gasteiger partial charge on any atom is 0.260 e. The van der Waals surface area contributed by atoms with Crippen molar-refractivity contribution in [3.8, 4) is 5.75 Å². The average molecular weight is 411 g/mol. The fourth-order valence-corrected chi connectivity index (χ4v) is 4.56. The first-order valence-electron chi connectivity index (χ1n) is 10.1. The molecule has 1 saturated heterocycles. The van der Waals surface area contributed by atoms with Gasteiger partial charge in [-0.1, -0.05) is 23.5 Å². The third-order valence-electron chi connectivity index (χ3n) is 5.31. The molecule has 4 rings (SSSR count). The first-order valence-corrected chi connectivity index (χ1v) is 10.9. The molecule has 2 heterocycles. The highest BCUT2D eigenvalue weighted by Gasteiger charge is 2.27. The van der Waals surface area contributed by atoms with Gasteiger partial charge in [0.25, 0.3) is 5.91 Å². The molecule has 1 fully saturated rings. The number of aryl methyl sites for hydroxylation is 2. The molecule has 1 atom stereocenters. The minimum atomic E-state index is -0.0411. The quantitative estimate of drug-likeness (QED) is 0.565. The number of carbonyl (C=O) groups excluding carboxylic acids is 1. The number of fused-ring (bicyclic) bond motifs is 1. The topological polar surface area (TPSA) is 51.7 Å². The Morgan fingerprint density at radius 3 is 2.86 bits per heavy atom. The Morgan fingerprint density at radius 2 is 2.14 bits per heavy atom. The van der Waals surface area contributed by atoms with Gasteiger partial charge in [-0.05, 0) is 69.0 Å². The zero-order valence-electron chi connectivity index (χ0n) is 17.1. The highest BCUT2D eigenvalue weighted by atomic mass is 32.1. The minimum absolute atomic E-state index is 0.0411. The Kier molecular flexibility index (Phi) is 5.83. The number of aromatic nitrogens is 1. The van der Waals surface area contributed by atoms with E-state index in [1.54, 1.807) is 4.90 Å². The summed E-state index contributed by atoms with van der Waals surface area (Å²) in [7, 11) is 0. The lowest BCUT2D eigenvalue weighted by Crippen LogP contribution is -2.37. The Hall–Kier alpha value is -2.44. The largest absolute Gasteiger partial charge is 0.492 e. The van der Waals surface area contributed by atoms with E-state index in [0.717, 1.165) is 41.0 Å². The molecule has 0 saturated carbocycles. The van der Waals surface area contributed by atoms with Crippen molar-refractivity contribution in [1.82, 2.24) is 4.98 Å². The highest BCUT2D eigenvalue weighted by Crippen LogP contribution is 2.35. The molecule has 0 spiro atoms. The van der Waals surface area contributed by atoms with Gasteiger partial charge in [-0.2, -0.15) is 0 Å². The highest BCUT2D eigenvalue weighted by molar-refractivity contribution is 7.22. The van der Waals surface area contributed by atoms with Gasteiger partial charge < -0.3 is 9.47 Å². The van der Waals surface area contributed by atoms with E-state index < -0.39 is 0 Å². The van der Waals surface area contributed by atoms with Crippen molar-refractivity contribution in [2.24, 2.45) is 0 Å². The maximum absolute atomic E-state index is 13.5. The van der Waals surface area contributed by atoms with E-state index in [2.05, 4.69) is 6.92 Å². The molecule has 0 radical (unpaired) electrons. The second kappa shape index (κ2) is 8.51. The summed E-state index contributed by atoms with van der Waals surface area (Å²) in [6, 6.07) is 11.8. The third kappa shape index (κ3) is 4.14. The van der Waals surface area contributed by atoms with E-state index >= 15 is 0 Å². The number of amides is 1. The van der Waals surface area contributed by atoms with Crippen LogP contribution in [0.4, 0.5) is 5.13 Å². The van der Waals surface area contributed by atoms with Crippen LogP contribution in [0.25, 0.3) is 10.2 Å². The van der Waals surface area contributed by atoms with Crippen LogP contribution < -0.4 is 9.64 Å². The molecule has 5 nitrogen and oxygen atoms in total. The van der Waals surface area contributed by atoms with Crippen LogP contribution in [0.5, 0.6) is 5.75 Å². The summed E-state index contributed by atoms with van der Waals surface area (Å²) >= 11 is 1.52. The molecular formula is C23H26N2O3S. The number of para-hydroxylation sites is 1. The number of rotatable bonds is 6. The summed E-state index contributed by atoms with van der Waals surface area (Å²) < 4.78 is 12.6. The molecule has 1 amide bonds. The van der Waals surface area contributed by atoms with E-state index in [1.165, 1.54) is 16.9 Å². The molecule has 0 N–H and O–H groups in total. The number of hydrogen-bond acceptors (Lipinski definition) is 5. The summed E-state index contributed by atoms with van der Waals surface area (Å²) in [6.45, 7) is 7.88. The molecule has 2 aromatic carbocycles. The number of ether oxygens (including phenoxy) is 2. The van der Waals surface area contributed by atoms with Crippen molar-refractivity contribution in [2.45, 2.75) is 39.7 Å². The third-order valence-corrected chi connectivity index (χ3v) is 6.35. The molecule has 29 heavy (non-hydrogen) atoms.